The van der Waals surface area contributed by atoms with Gasteiger partial charge in [0.05, 0.1) is 0 Å². The summed E-state index contributed by atoms with van der Waals surface area (Å²) in [4.78, 5) is 9.45. The molecule has 3 rings (SSSR count). The molecule has 0 bridgehead atoms. The van der Waals surface area contributed by atoms with Gasteiger partial charge in [0.25, 0.3) is 0 Å². The van der Waals surface area contributed by atoms with Crippen LogP contribution in [0.3, 0.4) is 0 Å². The molecule has 1 aliphatic rings. The zero-order chi connectivity index (χ0) is 15.4. The SMILES string of the molecule is Cc1ncccc1CN1CCN(Cc2ccccc2Br)CC1. The fourth-order valence-electron chi connectivity index (χ4n) is 2.90. The van der Waals surface area contributed by atoms with Crippen molar-refractivity contribution in [1.29, 1.82) is 0 Å². The van der Waals surface area contributed by atoms with Crippen LogP contribution in [0.2, 0.25) is 0 Å². The van der Waals surface area contributed by atoms with E-state index in [-0.39, 0.29) is 0 Å². The van der Waals surface area contributed by atoms with Crippen LogP contribution in [-0.4, -0.2) is 41.0 Å². The molecule has 1 saturated heterocycles. The van der Waals surface area contributed by atoms with E-state index in [0.717, 1.165) is 45.0 Å². The van der Waals surface area contributed by atoms with Crippen molar-refractivity contribution in [1.82, 2.24) is 14.8 Å². The van der Waals surface area contributed by atoms with Gasteiger partial charge in [0.2, 0.25) is 0 Å². The van der Waals surface area contributed by atoms with E-state index in [2.05, 4.69) is 68.0 Å². The Kier molecular flexibility index (Phi) is 5.24. The lowest BCUT2D eigenvalue weighted by molar-refractivity contribution is 0.121. The summed E-state index contributed by atoms with van der Waals surface area (Å²) < 4.78 is 1.21. The van der Waals surface area contributed by atoms with Crippen molar-refractivity contribution in [3.63, 3.8) is 0 Å². The standard InChI is InChI=1S/C18H22BrN3/c1-15-16(6-4-8-20-15)13-21-9-11-22(12-10-21)14-17-5-2-3-7-18(17)19/h2-8H,9-14H2,1H3. The molecule has 0 aliphatic carbocycles. The van der Waals surface area contributed by atoms with Gasteiger partial charge in [-0.2, -0.15) is 0 Å². The number of aryl methyl sites for hydroxylation is 1. The summed E-state index contributed by atoms with van der Waals surface area (Å²) in [7, 11) is 0. The Bertz CT molecular complexity index is 566. The molecule has 2 heterocycles. The normalized spacial score (nSPS) is 16.8. The Balaban J connectivity index is 1.52. The molecule has 0 N–H and O–H groups in total. The molecule has 1 aromatic carbocycles. The predicted octanol–water partition coefficient (Wildman–Crippen LogP) is 3.47. The van der Waals surface area contributed by atoms with Crippen LogP contribution in [0.1, 0.15) is 16.8 Å². The molecule has 0 radical (unpaired) electrons. The molecule has 0 amide bonds. The number of nitrogens with zero attached hydrogens (tertiary/aromatic N) is 3. The van der Waals surface area contributed by atoms with Gasteiger partial charge in [-0.25, -0.2) is 0 Å². The van der Waals surface area contributed by atoms with E-state index in [1.165, 1.54) is 15.6 Å². The molecule has 3 nitrogen and oxygen atoms in total. The molecule has 0 unspecified atom stereocenters. The molecule has 0 atom stereocenters. The quantitative estimate of drug-likeness (QED) is 0.832. The third kappa shape index (κ3) is 3.94. The van der Waals surface area contributed by atoms with Crippen LogP contribution < -0.4 is 0 Å². The summed E-state index contributed by atoms with van der Waals surface area (Å²) in [5, 5.41) is 0. The van der Waals surface area contributed by atoms with Gasteiger partial charge in [-0.1, -0.05) is 40.2 Å². The molecule has 2 aromatic rings. The summed E-state index contributed by atoms with van der Waals surface area (Å²) in [6.07, 6.45) is 1.87. The summed E-state index contributed by atoms with van der Waals surface area (Å²) >= 11 is 3.64. The van der Waals surface area contributed by atoms with Gasteiger partial charge < -0.3 is 0 Å². The monoisotopic (exact) mass is 359 g/mol. The molecule has 116 valence electrons. The number of hydrogen-bond donors (Lipinski definition) is 0. The third-order valence-electron chi connectivity index (χ3n) is 4.33. The number of benzene rings is 1. The zero-order valence-electron chi connectivity index (χ0n) is 13.0. The van der Waals surface area contributed by atoms with Gasteiger partial charge in [0.15, 0.2) is 0 Å². The number of piperazine rings is 1. The first-order valence-electron chi connectivity index (χ1n) is 7.81. The molecule has 1 aliphatic heterocycles. The Labute approximate surface area is 141 Å². The van der Waals surface area contributed by atoms with Crippen molar-refractivity contribution < 1.29 is 0 Å². The van der Waals surface area contributed by atoms with E-state index < -0.39 is 0 Å². The predicted molar refractivity (Wildman–Crippen MR) is 93.7 cm³/mol. The minimum absolute atomic E-state index is 1.02. The minimum atomic E-state index is 1.02. The van der Waals surface area contributed by atoms with Gasteiger partial charge >= 0.3 is 0 Å². The molecule has 4 heteroatoms. The first kappa shape index (κ1) is 15.7. The second-order valence-electron chi connectivity index (χ2n) is 5.89. The highest BCUT2D eigenvalue weighted by Gasteiger charge is 2.18. The highest BCUT2D eigenvalue weighted by Crippen LogP contribution is 2.19. The fourth-order valence-corrected chi connectivity index (χ4v) is 3.31. The molecule has 0 saturated carbocycles. The van der Waals surface area contributed by atoms with Crippen LogP contribution >= 0.6 is 15.9 Å². The first-order valence-corrected chi connectivity index (χ1v) is 8.60. The Morgan fingerprint density at radius 3 is 2.14 bits per heavy atom. The number of rotatable bonds is 4. The van der Waals surface area contributed by atoms with E-state index in [0.29, 0.717) is 0 Å². The van der Waals surface area contributed by atoms with Crippen LogP contribution in [0, 0.1) is 6.92 Å². The van der Waals surface area contributed by atoms with Crippen molar-refractivity contribution in [2.75, 3.05) is 26.2 Å². The van der Waals surface area contributed by atoms with Gasteiger partial charge in [-0.05, 0) is 30.2 Å². The fraction of sp³-hybridized carbons (Fsp3) is 0.389. The number of pyridine rings is 1. The summed E-state index contributed by atoms with van der Waals surface area (Å²) in [6.45, 7) is 8.64. The Hall–Kier alpha value is -1.23. The van der Waals surface area contributed by atoms with Crippen LogP contribution in [-0.2, 0) is 13.1 Å². The largest absolute Gasteiger partial charge is 0.297 e. The van der Waals surface area contributed by atoms with Crippen LogP contribution in [0.4, 0.5) is 0 Å². The lowest BCUT2D eigenvalue weighted by Gasteiger charge is -2.35. The van der Waals surface area contributed by atoms with Crippen molar-refractivity contribution in [2.45, 2.75) is 20.0 Å². The van der Waals surface area contributed by atoms with Gasteiger partial charge in [-0.15, -0.1) is 0 Å². The highest BCUT2D eigenvalue weighted by atomic mass is 79.9. The smallest absolute Gasteiger partial charge is 0.0417 e. The maximum absolute atomic E-state index is 4.38. The van der Waals surface area contributed by atoms with E-state index in [4.69, 9.17) is 0 Å². The first-order chi connectivity index (χ1) is 10.7. The third-order valence-corrected chi connectivity index (χ3v) is 5.10. The van der Waals surface area contributed by atoms with Crippen molar-refractivity contribution in [3.05, 3.63) is 63.9 Å². The number of aromatic nitrogens is 1. The van der Waals surface area contributed by atoms with Crippen LogP contribution in [0.5, 0.6) is 0 Å². The van der Waals surface area contributed by atoms with E-state index in [9.17, 15) is 0 Å². The minimum Gasteiger partial charge on any atom is -0.297 e. The van der Waals surface area contributed by atoms with E-state index in [1.807, 2.05) is 12.3 Å². The van der Waals surface area contributed by atoms with Crippen LogP contribution in [0.25, 0.3) is 0 Å². The average Bonchev–Trinajstić information content (AvgIpc) is 2.54. The summed E-state index contributed by atoms with van der Waals surface area (Å²) in [6, 6.07) is 12.7. The van der Waals surface area contributed by atoms with Crippen molar-refractivity contribution in [2.24, 2.45) is 0 Å². The van der Waals surface area contributed by atoms with Crippen molar-refractivity contribution in [3.8, 4) is 0 Å². The van der Waals surface area contributed by atoms with Crippen LogP contribution in [0.15, 0.2) is 47.1 Å². The van der Waals surface area contributed by atoms with Gasteiger partial charge in [-0.3, -0.25) is 14.8 Å². The van der Waals surface area contributed by atoms with E-state index >= 15 is 0 Å². The summed E-state index contributed by atoms with van der Waals surface area (Å²) in [5.41, 5.74) is 3.87. The highest BCUT2D eigenvalue weighted by molar-refractivity contribution is 9.10. The lowest BCUT2D eigenvalue weighted by Crippen LogP contribution is -2.45. The van der Waals surface area contributed by atoms with E-state index in [1.54, 1.807) is 0 Å². The second kappa shape index (κ2) is 7.36. The number of halogens is 1. The molecule has 22 heavy (non-hydrogen) atoms. The van der Waals surface area contributed by atoms with Crippen molar-refractivity contribution >= 4 is 15.9 Å². The molecule has 0 spiro atoms. The molecule has 1 fully saturated rings. The maximum Gasteiger partial charge on any atom is 0.0417 e. The molecular formula is C18H22BrN3. The topological polar surface area (TPSA) is 19.4 Å². The number of hydrogen-bond acceptors (Lipinski definition) is 3. The molecular weight excluding hydrogens is 338 g/mol. The second-order valence-corrected chi connectivity index (χ2v) is 6.75. The van der Waals surface area contributed by atoms with Gasteiger partial charge in [0, 0.05) is 55.6 Å². The Morgan fingerprint density at radius 1 is 0.909 bits per heavy atom. The van der Waals surface area contributed by atoms with Gasteiger partial charge in [0.1, 0.15) is 0 Å². The Morgan fingerprint density at radius 2 is 1.50 bits per heavy atom. The zero-order valence-corrected chi connectivity index (χ0v) is 14.6. The molecule has 1 aromatic heterocycles. The lowest BCUT2D eigenvalue weighted by atomic mass is 10.1. The average molecular weight is 360 g/mol. The maximum atomic E-state index is 4.38. The summed E-state index contributed by atoms with van der Waals surface area (Å²) in [5.74, 6) is 0.